The molecule has 6 nitrogen and oxygen atoms in total. The summed E-state index contributed by atoms with van der Waals surface area (Å²) in [5, 5.41) is 17.8. The molecule has 1 aliphatic heterocycles. The number of carboxylic acid groups (broad SMARTS) is 1. The molecule has 1 aromatic rings. The van der Waals surface area contributed by atoms with Crippen molar-refractivity contribution < 1.29 is 19.4 Å². The number of carboxylic acids is 1. The number of nitriles is 1. The minimum absolute atomic E-state index is 0.0187. The summed E-state index contributed by atoms with van der Waals surface area (Å²) in [4.78, 5) is 23.6. The van der Waals surface area contributed by atoms with Gasteiger partial charge in [0.15, 0.2) is 0 Å². The normalized spacial score (nSPS) is 18.3. The van der Waals surface area contributed by atoms with Gasteiger partial charge < -0.3 is 9.84 Å². The number of carbonyl (C=O) groups is 2. The maximum absolute atomic E-state index is 11.6. The van der Waals surface area contributed by atoms with E-state index in [9.17, 15) is 9.59 Å². The predicted octanol–water partition coefficient (Wildman–Crippen LogP) is 1.36. The molecule has 1 unspecified atom stereocenters. The number of amides is 1. The summed E-state index contributed by atoms with van der Waals surface area (Å²) >= 11 is 0. The number of carbonyl (C=O) groups excluding carboxylic acids is 1. The fraction of sp³-hybridized carbons (Fsp3) is 0.250. The lowest BCUT2D eigenvalue weighted by molar-refractivity contribution is -0.137. The van der Waals surface area contributed by atoms with Gasteiger partial charge in [0.1, 0.15) is 12.7 Å². The van der Waals surface area contributed by atoms with Gasteiger partial charge in [0.05, 0.1) is 23.7 Å². The second kappa shape index (κ2) is 4.75. The number of nitrogens with zero attached hydrogens (tertiary/aromatic N) is 2. The van der Waals surface area contributed by atoms with Crippen molar-refractivity contribution in [2.24, 2.45) is 0 Å². The lowest BCUT2D eigenvalue weighted by atomic mass is 10.1. The molecule has 2 rings (SSSR count). The largest absolute Gasteiger partial charge is 0.481 e. The van der Waals surface area contributed by atoms with Gasteiger partial charge in [-0.15, -0.1) is 0 Å². The Labute approximate surface area is 103 Å². The Morgan fingerprint density at radius 3 is 2.94 bits per heavy atom. The number of cyclic esters (lactones) is 1. The first-order valence-electron chi connectivity index (χ1n) is 5.30. The molecule has 1 saturated heterocycles. The Morgan fingerprint density at radius 1 is 1.56 bits per heavy atom. The maximum atomic E-state index is 11.6. The van der Waals surface area contributed by atoms with E-state index in [1.54, 1.807) is 24.3 Å². The van der Waals surface area contributed by atoms with Gasteiger partial charge in [-0.3, -0.25) is 9.69 Å². The topological polar surface area (TPSA) is 90.6 Å². The summed E-state index contributed by atoms with van der Waals surface area (Å²) in [6, 6.07) is 7.91. The summed E-state index contributed by atoms with van der Waals surface area (Å²) in [5.41, 5.74) is 0.695. The van der Waals surface area contributed by atoms with Crippen LogP contribution in [0.1, 0.15) is 12.0 Å². The molecule has 0 aromatic heterocycles. The molecule has 0 saturated carbocycles. The van der Waals surface area contributed by atoms with Crippen LogP contribution in [0.15, 0.2) is 24.3 Å². The van der Waals surface area contributed by atoms with E-state index in [0.29, 0.717) is 11.3 Å². The third-order valence-corrected chi connectivity index (χ3v) is 2.66. The minimum Gasteiger partial charge on any atom is -0.481 e. The number of anilines is 1. The van der Waals surface area contributed by atoms with Crippen molar-refractivity contribution in [3.63, 3.8) is 0 Å². The van der Waals surface area contributed by atoms with Crippen LogP contribution in [0, 0.1) is 11.3 Å². The molecule has 1 heterocycles. The fourth-order valence-electron chi connectivity index (χ4n) is 1.89. The number of ether oxygens (including phenoxy) is 1. The molecule has 0 spiro atoms. The molecule has 6 heteroatoms. The summed E-state index contributed by atoms with van der Waals surface area (Å²) in [6.45, 7) is 0.0187. The molecule has 0 radical (unpaired) electrons. The molecule has 1 amide bonds. The van der Waals surface area contributed by atoms with Gasteiger partial charge in [-0.05, 0) is 12.1 Å². The Kier molecular flexibility index (Phi) is 3.15. The second-order valence-electron chi connectivity index (χ2n) is 3.83. The highest BCUT2D eigenvalue weighted by molar-refractivity contribution is 5.92. The lowest BCUT2D eigenvalue weighted by Gasteiger charge is -2.20. The monoisotopic (exact) mass is 246 g/mol. The highest BCUT2D eigenvalue weighted by atomic mass is 16.6. The van der Waals surface area contributed by atoms with Crippen molar-refractivity contribution in [2.75, 3.05) is 11.5 Å². The van der Waals surface area contributed by atoms with Gasteiger partial charge in [0, 0.05) is 0 Å². The van der Waals surface area contributed by atoms with Crippen molar-refractivity contribution in [1.82, 2.24) is 0 Å². The van der Waals surface area contributed by atoms with E-state index in [1.165, 1.54) is 4.90 Å². The van der Waals surface area contributed by atoms with Gasteiger partial charge >= 0.3 is 12.1 Å². The van der Waals surface area contributed by atoms with Crippen LogP contribution in [0.4, 0.5) is 10.5 Å². The van der Waals surface area contributed by atoms with Crippen LogP contribution < -0.4 is 4.90 Å². The first kappa shape index (κ1) is 11.9. The molecule has 1 aromatic carbocycles. The molecule has 1 aliphatic rings. The third kappa shape index (κ3) is 2.11. The zero-order chi connectivity index (χ0) is 13.1. The van der Waals surface area contributed by atoms with Crippen LogP contribution in [0.2, 0.25) is 0 Å². The SMILES string of the molecule is N#Cc1ccccc1N1C(=O)OCC1CC(=O)O. The number of rotatable bonds is 3. The average molecular weight is 246 g/mol. The van der Waals surface area contributed by atoms with E-state index in [0.717, 1.165) is 0 Å². The first-order chi connectivity index (χ1) is 8.63. The van der Waals surface area contributed by atoms with Gasteiger partial charge in [-0.1, -0.05) is 12.1 Å². The Morgan fingerprint density at radius 2 is 2.28 bits per heavy atom. The van der Waals surface area contributed by atoms with Crippen LogP contribution in [0.3, 0.4) is 0 Å². The van der Waals surface area contributed by atoms with Crippen LogP contribution in [-0.2, 0) is 9.53 Å². The number of hydrogen-bond donors (Lipinski definition) is 1. The Hall–Kier alpha value is -2.55. The molecule has 92 valence electrons. The van der Waals surface area contributed by atoms with Gasteiger partial charge in [0.25, 0.3) is 0 Å². The summed E-state index contributed by atoms with van der Waals surface area (Å²) in [7, 11) is 0. The zero-order valence-corrected chi connectivity index (χ0v) is 9.37. The van der Waals surface area contributed by atoms with E-state index in [-0.39, 0.29) is 13.0 Å². The quantitative estimate of drug-likeness (QED) is 0.869. The number of benzene rings is 1. The summed E-state index contributed by atoms with van der Waals surface area (Å²) in [5.74, 6) is -1.02. The predicted molar refractivity (Wildman–Crippen MR) is 61.0 cm³/mol. The molecular formula is C12H10N2O4. The number of para-hydroxylation sites is 1. The van der Waals surface area contributed by atoms with E-state index < -0.39 is 18.1 Å². The van der Waals surface area contributed by atoms with Gasteiger partial charge in [0.2, 0.25) is 0 Å². The van der Waals surface area contributed by atoms with Crippen LogP contribution in [0.5, 0.6) is 0 Å². The van der Waals surface area contributed by atoms with E-state index in [4.69, 9.17) is 15.1 Å². The van der Waals surface area contributed by atoms with E-state index >= 15 is 0 Å². The van der Waals surface area contributed by atoms with Gasteiger partial charge in [-0.2, -0.15) is 5.26 Å². The van der Waals surface area contributed by atoms with Gasteiger partial charge in [-0.25, -0.2) is 4.79 Å². The first-order valence-corrected chi connectivity index (χ1v) is 5.30. The minimum atomic E-state index is -1.02. The van der Waals surface area contributed by atoms with Crippen molar-refractivity contribution >= 4 is 17.7 Å². The van der Waals surface area contributed by atoms with E-state index in [1.807, 2.05) is 6.07 Å². The van der Waals surface area contributed by atoms with Crippen molar-refractivity contribution in [3.05, 3.63) is 29.8 Å². The smallest absolute Gasteiger partial charge is 0.414 e. The molecule has 1 atom stereocenters. The standard InChI is InChI=1S/C12H10N2O4/c13-6-8-3-1-2-4-10(8)14-9(5-11(15)16)7-18-12(14)17/h1-4,9H,5,7H2,(H,15,16). The molecular weight excluding hydrogens is 236 g/mol. The molecule has 0 aliphatic carbocycles. The number of hydrogen-bond acceptors (Lipinski definition) is 4. The number of aliphatic carboxylic acids is 1. The molecule has 1 fully saturated rings. The second-order valence-corrected chi connectivity index (χ2v) is 3.83. The zero-order valence-electron chi connectivity index (χ0n) is 9.37. The van der Waals surface area contributed by atoms with Crippen LogP contribution >= 0.6 is 0 Å². The molecule has 0 bridgehead atoms. The average Bonchev–Trinajstić information content (AvgIpc) is 2.69. The molecule has 1 N–H and O–H groups in total. The fourth-order valence-corrected chi connectivity index (χ4v) is 1.89. The van der Waals surface area contributed by atoms with Crippen LogP contribution in [-0.4, -0.2) is 29.8 Å². The Bertz CT molecular complexity index is 535. The highest BCUT2D eigenvalue weighted by Gasteiger charge is 2.36. The van der Waals surface area contributed by atoms with E-state index in [2.05, 4.69) is 0 Å². The maximum Gasteiger partial charge on any atom is 0.414 e. The highest BCUT2D eigenvalue weighted by Crippen LogP contribution is 2.27. The summed E-state index contributed by atoms with van der Waals surface area (Å²) in [6.07, 6.45) is -0.838. The lowest BCUT2D eigenvalue weighted by Crippen LogP contribution is -2.35. The van der Waals surface area contributed by atoms with Crippen molar-refractivity contribution in [2.45, 2.75) is 12.5 Å². The van der Waals surface area contributed by atoms with Crippen LogP contribution in [0.25, 0.3) is 0 Å². The van der Waals surface area contributed by atoms with Crippen molar-refractivity contribution in [3.8, 4) is 6.07 Å². The third-order valence-electron chi connectivity index (χ3n) is 2.66. The summed E-state index contributed by atoms with van der Waals surface area (Å²) < 4.78 is 4.85. The molecule has 18 heavy (non-hydrogen) atoms. The van der Waals surface area contributed by atoms with Crippen molar-refractivity contribution in [1.29, 1.82) is 5.26 Å². The Balaban J connectivity index is 2.37.